The van der Waals surface area contributed by atoms with Crippen LogP contribution >= 0.6 is 0 Å². The van der Waals surface area contributed by atoms with Crippen molar-refractivity contribution in [3.63, 3.8) is 0 Å². The van der Waals surface area contributed by atoms with Crippen molar-refractivity contribution in [2.75, 3.05) is 25.1 Å². The second kappa shape index (κ2) is 8.30. The van der Waals surface area contributed by atoms with Crippen molar-refractivity contribution in [3.8, 4) is 23.0 Å². The number of phenols is 1. The standard InChI is InChI=1S/C27H27FN4O3/c1-3-14-5-4-6-15-9-18(33)10-19(21(14)15)23-22(28)24-20(11-29-23)26(31-27(30-24)35-2)32-12-16-7-8-17(13-32)25(16)34/h4-6,9-11,16-17,25,33-34H,3,7-8,12-13H2,1-2H3. The average Bonchev–Trinajstić information content (AvgIpc) is 3.06. The minimum absolute atomic E-state index is 0.0466. The van der Waals surface area contributed by atoms with Crippen LogP contribution in [-0.4, -0.2) is 51.5 Å². The first-order valence-electron chi connectivity index (χ1n) is 12.1. The molecule has 2 unspecified atom stereocenters. The number of piperidine rings is 1. The molecule has 7 nitrogen and oxygen atoms in total. The van der Waals surface area contributed by atoms with E-state index < -0.39 is 5.82 Å². The lowest BCUT2D eigenvalue weighted by Crippen LogP contribution is -2.45. The molecule has 180 valence electrons. The molecule has 2 atom stereocenters. The Morgan fingerprint density at radius 2 is 1.91 bits per heavy atom. The van der Waals surface area contributed by atoms with Gasteiger partial charge in [-0.25, -0.2) is 4.39 Å². The number of methoxy groups -OCH3 is 1. The Kier molecular flexibility index (Phi) is 5.21. The molecule has 2 bridgehead atoms. The predicted molar refractivity (Wildman–Crippen MR) is 132 cm³/mol. The van der Waals surface area contributed by atoms with Gasteiger partial charge in [-0.15, -0.1) is 0 Å². The fraction of sp³-hybridized carbons (Fsp3) is 0.370. The quantitative estimate of drug-likeness (QED) is 0.451. The summed E-state index contributed by atoms with van der Waals surface area (Å²) in [5.74, 6) is 0.386. The van der Waals surface area contributed by atoms with Crippen molar-refractivity contribution in [1.29, 1.82) is 0 Å². The zero-order chi connectivity index (χ0) is 24.3. The van der Waals surface area contributed by atoms with E-state index in [1.165, 1.54) is 7.11 Å². The van der Waals surface area contributed by atoms with E-state index >= 15 is 4.39 Å². The van der Waals surface area contributed by atoms with Crippen LogP contribution in [0.2, 0.25) is 0 Å². The first-order chi connectivity index (χ1) is 17.0. The molecular weight excluding hydrogens is 447 g/mol. The van der Waals surface area contributed by atoms with Gasteiger partial charge in [-0.05, 0) is 47.7 Å². The molecule has 0 amide bonds. The zero-order valence-electron chi connectivity index (χ0n) is 19.7. The van der Waals surface area contributed by atoms with Crippen LogP contribution in [0.25, 0.3) is 32.9 Å². The SMILES string of the molecule is CCc1cccc2cc(O)cc(-c3ncc4c(N5CC6CCC(C5)C6O)nc(OC)nc4c3F)c12. The Balaban J connectivity index is 1.56. The minimum Gasteiger partial charge on any atom is -0.508 e. The van der Waals surface area contributed by atoms with Gasteiger partial charge in [0.15, 0.2) is 5.82 Å². The van der Waals surface area contributed by atoms with Gasteiger partial charge in [0.1, 0.15) is 22.8 Å². The number of aliphatic hydroxyl groups excluding tert-OH is 1. The number of aliphatic hydroxyl groups is 1. The van der Waals surface area contributed by atoms with Crippen molar-refractivity contribution in [2.45, 2.75) is 32.3 Å². The third kappa shape index (κ3) is 3.46. The summed E-state index contributed by atoms with van der Waals surface area (Å²) in [6.45, 7) is 3.34. The largest absolute Gasteiger partial charge is 0.508 e. The van der Waals surface area contributed by atoms with Crippen LogP contribution in [0.5, 0.6) is 11.8 Å². The van der Waals surface area contributed by atoms with Crippen molar-refractivity contribution < 1.29 is 19.3 Å². The number of fused-ring (bicyclic) bond motifs is 4. The maximum Gasteiger partial charge on any atom is 0.318 e. The van der Waals surface area contributed by atoms with Crippen molar-refractivity contribution in [3.05, 3.63) is 47.9 Å². The maximum atomic E-state index is 16.2. The van der Waals surface area contributed by atoms with E-state index in [4.69, 9.17) is 4.74 Å². The molecule has 1 aliphatic heterocycles. The highest BCUT2D eigenvalue weighted by Gasteiger charge is 2.42. The van der Waals surface area contributed by atoms with Crippen LogP contribution < -0.4 is 9.64 Å². The predicted octanol–water partition coefficient (Wildman–Crippen LogP) is 4.47. The van der Waals surface area contributed by atoms with E-state index in [2.05, 4.69) is 19.9 Å². The number of halogens is 1. The van der Waals surface area contributed by atoms with Crippen LogP contribution in [0.4, 0.5) is 10.2 Å². The molecule has 8 heteroatoms. The number of rotatable bonds is 4. The third-order valence-corrected chi connectivity index (χ3v) is 7.59. The summed E-state index contributed by atoms with van der Waals surface area (Å²) in [6, 6.07) is 9.16. The molecular formula is C27H27FN4O3. The number of ether oxygens (including phenoxy) is 1. The van der Waals surface area contributed by atoms with Gasteiger partial charge in [0.05, 0.1) is 18.6 Å². The first kappa shape index (κ1) is 22.0. The number of pyridine rings is 1. The van der Waals surface area contributed by atoms with E-state index in [-0.39, 0.29) is 40.9 Å². The summed E-state index contributed by atoms with van der Waals surface area (Å²) >= 11 is 0. The average molecular weight is 475 g/mol. The Hall–Kier alpha value is -3.52. The lowest BCUT2D eigenvalue weighted by Gasteiger charge is -2.36. The van der Waals surface area contributed by atoms with Gasteiger partial charge < -0.3 is 19.8 Å². The fourth-order valence-corrected chi connectivity index (χ4v) is 5.88. The number of anilines is 1. The highest BCUT2D eigenvalue weighted by molar-refractivity contribution is 6.01. The lowest BCUT2D eigenvalue weighted by atomic mass is 9.94. The number of aromatic hydroxyl groups is 1. The summed E-state index contributed by atoms with van der Waals surface area (Å²) in [7, 11) is 1.46. The Bertz CT molecular complexity index is 1450. The second-order valence-corrected chi connectivity index (χ2v) is 9.57. The number of hydrogen-bond donors (Lipinski definition) is 2. The molecule has 2 fully saturated rings. The van der Waals surface area contributed by atoms with Crippen molar-refractivity contribution >= 4 is 27.5 Å². The van der Waals surface area contributed by atoms with Gasteiger partial charge in [-0.2, -0.15) is 9.97 Å². The number of nitrogens with zero attached hydrogens (tertiary/aromatic N) is 4. The molecule has 2 aromatic carbocycles. The monoisotopic (exact) mass is 474 g/mol. The lowest BCUT2D eigenvalue weighted by molar-refractivity contribution is 0.0791. The van der Waals surface area contributed by atoms with Gasteiger partial charge in [0, 0.05) is 36.7 Å². The first-order valence-corrected chi connectivity index (χ1v) is 12.1. The topological polar surface area (TPSA) is 91.6 Å². The molecule has 2 aromatic heterocycles. The number of phenolic OH excluding ortho intramolecular Hbond substituents is 1. The highest BCUT2D eigenvalue weighted by Crippen LogP contribution is 2.41. The smallest absolute Gasteiger partial charge is 0.318 e. The summed E-state index contributed by atoms with van der Waals surface area (Å²) in [6.07, 6.45) is 4.02. The maximum absolute atomic E-state index is 16.2. The molecule has 2 N–H and O–H groups in total. The third-order valence-electron chi connectivity index (χ3n) is 7.59. The molecule has 3 heterocycles. The Morgan fingerprint density at radius 1 is 1.14 bits per heavy atom. The number of aromatic nitrogens is 3. The summed E-state index contributed by atoms with van der Waals surface area (Å²) in [5, 5.41) is 23.0. The molecule has 35 heavy (non-hydrogen) atoms. The normalized spacial score (nSPS) is 21.7. The van der Waals surface area contributed by atoms with Crippen LogP contribution in [0, 0.1) is 17.7 Å². The molecule has 1 aliphatic carbocycles. The molecule has 2 aliphatic rings. The Labute approximate surface area is 202 Å². The van der Waals surface area contributed by atoms with Crippen LogP contribution in [0.1, 0.15) is 25.3 Å². The second-order valence-electron chi connectivity index (χ2n) is 9.57. The summed E-state index contributed by atoms with van der Waals surface area (Å²) in [5.41, 5.74) is 1.82. The van der Waals surface area contributed by atoms with Crippen LogP contribution in [-0.2, 0) is 6.42 Å². The van der Waals surface area contributed by atoms with Crippen LogP contribution in [0.15, 0.2) is 36.5 Å². The van der Waals surface area contributed by atoms with E-state index in [1.54, 1.807) is 18.3 Å². The van der Waals surface area contributed by atoms with Gasteiger partial charge in [-0.3, -0.25) is 4.98 Å². The fourth-order valence-electron chi connectivity index (χ4n) is 5.88. The van der Waals surface area contributed by atoms with Crippen molar-refractivity contribution in [2.24, 2.45) is 11.8 Å². The molecule has 1 saturated carbocycles. The highest BCUT2D eigenvalue weighted by atomic mass is 19.1. The van der Waals surface area contributed by atoms with Crippen molar-refractivity contribution in [1.82, 2.24) is 15.0 Å². The molecule has 0 spiro atoms. The van der Waals surface area contributed by atoms with E-state index in [1.807, 2.05) is 25.1 Å². The van der Waals surface area contributed by atoms with Gasteiger partial charge >= 0.3 is 6.01 Å². The number of aryl methyl sites for hydroxylation is 1. The minimum atomic E-state index is -0.581. The van der Waals surface area contributed by atoms with E-state index in [0.29, 0.717) is 29.9 Å². The summed E-state index contributed by atoms with van der Waals surface area (Å²) in [4.78, 5) is 15.6. The van der Waals surface area contributed by atoms with Gasteiger partial charge in [0.25, 0.3) is 0 Å². The zero-order valence-corrected chi connectivity index (χ0v) is 19.7. The molecule has 4 aromatic rings. The van der Waals surface area contributed by atoms with E-state index in [9.17, 15) is 10.2 Å². The van der Waals surface area contributed by atoms with Crippen LogP contribution in [0.3, 0.4) is 0 Å². The van der Waals surface area contributed by atoms with Gasteiger partial charge in [0.2, 0.25) is 0 Å². The summed E-state index contributed by atoms with van der Waals surface area (Å²) < 4.78 is 21.5. The number of benzene rings is 2. The Morgan fingerprint density at radius 3 is 2.63 bits per heavy atom. The molecule has 0 radical (unpaired) electrons. The number of hydrogen-bond acceptors (Lipinski definition) is 7. The van der Waals surface area contributed by atoms with Gasteiger partial charge in [-0.1, -0.05) is 25.1 Å². The van der Waals surface area contributed by atoms with E-state index in [0.717, 1.165) is 35.6 Å². The molecule has 1 saturated heterocycles. The molecule has 6 rings (SSSR count).